The van der Waals surface area contributed by atoms with Crippen LogP contribution in [0.5, 0.6) is 0 Å². The lowest BCUT2D eigenvalue weighted by molar-refractivity contribution is 0.102. The molecule has 7 nitrogen and oxygen atoms in total. The number of amides is 1. The molecule has 1 saturated heterocycles. The second-order valence-electron chi connectivity index (χ2n) is 8.14. The summed E-state index contributed by atoms with van der Waals surface area (Å²) in [6.45, 7) is 0.457. The van der Waals surface area contributed by atoms with Gasteiger partial charge >= 0.3 is 0 Å². The summed E-state index contributed by atoms with van der Waals surface area (Å²) in [7, 11) is -3.33. The number of rotatable bonds is 4. The maximum absolute atomic E-state index is 12.9. The van der Waals surface area contributed by atoms with E-state index in [-0.39, 0.29) is 11.7 Å². The predicted molar refractivity (Wildman–Crippen MR) is 134 cm³/mol. The number of anilines is 2. The maximum Gasteiger partial charge on any atom is 0.255 e. The molecule has 2 aromatic carbocycles. The van der Waals surface area contributed by atoms with E-state index < -0.39 is 10.0 Å². The first-order valence-electron chi connectivity index (χ1n) is 11.0. The third kappa shape index (κ3) is 4.38. The summed E-state index contributed by atoms with van der Waals surface area (Å²) in [5, 5.41) is 4.21. The van der Waals surface area contributed by atoms with Gasteiger partial charge in [-0.3, -0.25) is 14.1 Å². The Balaban J connectivity index is 1.38. The zero-order valence-corrected chi connectivity index (χ0v) is 19.8. The highest BCUT2D eigenvalue weighted by Gasteiger charge is 2.24. The van der Waals surface area contributed by atoms with Crippen molar-refractivity contribution in [3.8, 4) is 11.3 Å². The van der Waals surface area contributed by atoms with Crippen molar-refractivity contribution in [1.82, 2.24) is 4.98 Å². The van der Waals surface area contributed by atoms with Crippen molar-refractivity contribution >= 4 is 49.9 Å². The minimum Gasteiger partial charge on any atom is -0.464 e. The topological polar surface area (TPSA) is 92.5 Å². The number of hydrogen-bond donors (Lipinski definition) is 1. The monoisotopic (exact) mass is 495 g/mol. The molecule has 0 spiro atoms. The predicted octanol–water partition coefficient (Wildman–Crippen LogP) is 5.72. The average Bonchev–Trinajstić information content (AvgIpc) is 3.24. The molecule has 34 heavy (non-hydrogen) atoms. The number of benzene rings is 2. The van der Waals surface area contributed by atoms with Gasteiger partial charge in [0.2, 0.25) is 10.0 Å². The SMILES string of the molecule is O=C(Nc1ccc(Cl)c(-c2nccc3occc23)c1)c1ccc(N2CCCCCS2(=O)=O)cc1. The van der Waals surface area contributed by atoms with Crippen molar-refractivity contribution in [2.24, 2.45) is 0 Å². The van der Waals surface area contributed by atoms with Gasteiger partial charge in [0.05, 0.1) is 28.4 Å². The third-order valence-corrected chi connectivity index (χ3v) is 8.08. The molecular weight excluding hydrogens is 474 g/mol. The Labute approximate surface area is 202 Å². The number of halogens is 1. The molecule has 3 heterocycles. The number of nitrogens with one attached hydrogen (secondary N) is 1. The highest BCUT2D eigenvalue weighted by Crippen LogP contribution is 2.34. The van der Waals surface area contributed by atoms with Crippen molar-refractivity contribution in [1.29, 1.82) is 0 Å². The molecule has 1 aliphatic rings. The number of sulfonamides is 1. The minimum absolute atomic E-state index is 0.148. The van der Waals surface area contributed by atoms with Crippen LogP contribution in [-0.2, 0) is 10.0 Å². The van der Waals surface area contributed by atoms with Crippen LogP contribution < -0.4 is 9.62 Å². The molecule has 0 radical (unpaired) electrons. The summed E-state index contributed by atoms with van der Waals surface area (Å²) in [5.74, 6) is -0.164. The van der Waals surface area contributed by atoms with Crippen molar-refractivity contribution < 1.29 is 17.6 Å². The van der Waals surface area contributed by atoms with E-state index in [9.17, 15) is 13.2 Å². The van der Waals surface area contributed by atoms with Crippen LogP contribution in [0.3, 0.4) is 0 Å². The zero-order chi connectivity index (χ0) is 23.7. The van der Waals surface area contributed by atoms with E-state index in [1.807, 2.05) is 6.07 Å². The smallest absolute Gasteiger partial charge is 0.255 e. The Morgan fingerprint density at radius 3 is 2.68 bits per heavy atom. The van der Waals surface area contributed by atoms with Crippen molar-refractivity contribution in [2.45, 2.75) is 19.3 Å². The number of carbonyl (C=O) groups is 1. The second-order valence-corrected chi connectivity index (χ2v) is 10.6. The van der Waals surface area contributed by atoms with E-state index in [0.717, 1.165) is 18.2 Å². The van der Waals surface area contributed by atoms with Crippen LogP contribution in [0.25, 0.3) is 22.2 Å². The average molecular weight is 496 g/mol. The van der Waals surface area contributed by atoms with E-state index in [2.05, 4.69) is 10.3 Å². The molecule has 0 atom stereocenters. The second kappa shape index (κ2) is 9.12. The quantitative estimate of drug-likeness (QED) is 0.391. The summed E-state index contributed by atoms with van der Waals surface area (Å²) < 4.78 is 31.9. The molecule has 1 N–H and O–H groups in total. The van der Waals surface area contributed by atoms with Gasteiger partial charge in [0.25, 0.3) is 5.91 Å². The minimum atomic E-state index is -3.33. The highest BCUT2D eigenvalue weighted by molar-refractivity contribution is 7.92. The maximum atomic E-state index is 12.9. The van der Waals surface area contributed by atoms with Gasteiger partial charge in [-0.05, 0) is 67.4 Å². The number of carbonyl (C=O) groups excluding carboxylic acids is 1. The van der Waals surface area contributed by atoms with Crippen LogP contribution in [0.2, 0.25) is 5.02 Å². The third-order valence-electron chi connectivity index (χ3n) is 5.88. The lowest BCUT2D eigenvalue weighted by Crippen LogP contribution is -2.32. The van der Waals surface area contributed by atoms with Gasteiger partial charge in [-0.1, -0.05) is 18.0 Å². The summed E-state index contributed by atoms with van der Waals surface area (Å²) in [5.41, 5.74) is 3.59. The fourth-order valence-corrected chi connectivity index (χ4v) is 5.98. The summed E-state index contributed by atoms with van der Waals surface area (Å²) in [6, 6.07) is 15.4. The Bertz CT molecular complexity index is 1470. The Kier molecular flexibility index (Phi) is 6.02. The van der Waals surface area contributed by atoms with Gasteiger partial charge in [-0.15, -0.1) is 0 Å². The summed E-state index contributed by atoms with van der Waals surface area (Å²) in [6.07, 6.45) is 5.63. The molecule has 0 bridgehead atoms. The molecule has 174 valence electrons. The number of hydrogen-bond acceptors (Lipinski definition) is 5. The van der Waals surface area contributed by atoms with Gasteiger partial charge in [0.15, 0.2) is 0 Å². The number of furan rings is 1. The van der Waals surface area contributed by atoms with E-state index >= 15 is 0 Å². The Morgan fingerprint density at radius 1 is 1.03 bits per heavy atom. The van der Waals surface area contributed by atoms with E-state index in [0.29, 0.717) is 51.8 Å². The van der Waals surface area contributed by atoms with Crippen LogP contribution >= 0.6 is 11.6 Å². The first-order valence-corrected chi connectivity index (χ1v) is 12.9. The van der Waals surface area contributed by atoms with Crippen LogP contribution in [0, 0.1) is 0 Å². The molecule has 0 saturated carbocycles. The van der Waals surface area contributed by atoms with Crippen LogP contribution in [0.4, 0.5) is 11.4 Å². The van der Waals surface area contributed by atoms with Crippen LogP contribution in [-0.4, -0.2) is 31.6 Å². The molecule has 5 rings (SSSR count). The van der Waals surface area contributed by atoms with Crippen molar-refractivity contribution in [3.63, 3.8) is 0 Å². The van der Waals surface area contributed by atoms with Crippen molar-refractivity contribution in [3.05, 3.63) is 77.6 Å². The molecule has 0 aliphatic carbocycles. The van der Waals surface area contributed by atoms with Crippen LogP contribution in [0.1, 0.15) is 29.6 Å². The lowest BCUT2D eigenvalue weighted by Gasteiger charge is -2.22. The number of pyridine rings is 1. The van der Waals surface area contributed by atoms with E-state index in [4.69, 9.17) is 16.0 Å². The molecule has 1 fully saturated rings. The number of fused-ring (bicyclic) bond motifs is 1. The Hall–Kier alpha value is -3.36. The molecule has 1 aliphatic heterocycles. The van der Waals surface area contributed by atoms with E-state index in [1.165, 1.54) is 4.31 Å². The van der Waals surface area contributed by atoms with Gasteiger partial charge in [0.1, 0.15) is 5.58 Å². The number of aromatic nitrogens is 1. The fraction of sp³-hybridized carbons (Fsp3) is 0.200. The van der Waals surface area contributed by atoms with Gasteiger partial charge in [-0.25, -0.2) is 8.42 Å². The molecular formula is C25H22ClN3O4S. The molecule has 1 amide bonds. The summed E-state index contributed by atoms with van der Waals surface area (Å²) >= 11 is 6.44. The van der Waals surface area contributed by atoms with E-state index in [1.54, 1.807) is 61.0 Å². The highest BCUT2D eigenvalue weighted by atomic mass is 35.5. The first-order chi connectivity index (χ1) is 16.4. The Morgan fingerprint density at radius 2 is 1.85 bits per heavy atom. The molecule has 4 aromatic rings. The standard InChI is InChI=1S/C25H22ClN3O4S/c26-22-9-6-18(16-21(22)24-20-11-14-33-23(20)10-12-27-24)28-25(30)17-4-7-19(8-5-17)29-13-2-1-3-15-34(29,31)32/h4-12,14,16H,1-3,13,15H2,(H,28,30). The van der Waals surface area contributed by atoms with Gasteiger partial charge in [-0.2, -0.15) is 0 Å². The van der Waals surface area contributed by atoms with Crippen molar-refractivity contribution in [2.75, 3.05) is 21.9 Å². The van der Waals surface area contributed by atoms with Gasteiger partial charge < -0.3 is 9.73 Å². The fourth-order valence-electron chi connectivity index (χ4n) is 4.13. The van der Waals surface area contributed by atoms with Crippen LogP contribution in [0.15, 0.2) is 71.5 Å². The zero-order valence-electron chi connectivity index (χ0n) is 18.2. The summed E-state index contributed by atoms with van der Waals surface area (Å²) in [4.78, 5) is 17.3. The molecule has 0 unspecified atom stereocenters. The largest absolute Gasteiger partial charge is 0.464 e. The molecule has 9 heteroatoms. The first kappa shape index (κ1) is 22.4. The normalized spacial score (nSPS) is 15.7. The molecule has 2 aromatic heterocycles. The van der Waals surface area contributed by atoms with Gasteiger partial charge in [0, 0.05) is 34.9 Å². The lowest BCUT2D eigenvalue weighted by atomic mass is 10.1. The number of nitrogens with zero attached hydrogens (tertiary/aromatic N) is 2.